The van der Waals surface area contributed by atoms with Crippen LogP contribution in [0.1, 0.15) is 39.5 Å². The standard InChI is InChI=1S/C13H23F3N2O/c1-3-4-7-18(9-13(14,15)16)12(19)11-5-6-17-10(2)8-11/h10-11,17H,3-9H2,1-2H3. The molecule has 3 nitrogen and oxygen atoms in total. The minimum Gasteiger partial charge on any atom is -0.333 e. The highest BCUT2D eigenvalue weighted by molar-refractivity contribution is 5.79. The summed E-state index contributed by atoms with van der Waals surface area (Å²) in [7, 11) is 0. The van der Waals surface area contributed by atoms with Gasteiger partial charge in [-0.15, -0.1) is 0 Å². The largest absolute Gasteiger partial charge is 0.406 e. The quantitative estimate of drug-likeness (QED) is 0.839. The second kappa shape index (κ2) is 7.12. The van der Waals surface area contributed by atoms with Gasteiger partial charge in [-0.2, -0.15) is 13.2 Å². The number of amides is 1. The van der Waals surface area contributed by atoms with Crippen molar-refractivity contribution in [2.45, 2.75) is 51.7 Å². The van der Waals surface area contributed by atoms with E-state index < -0.39 is 12.7 Å². The Morgan fingerprint density at radius 1 is 1.42 bits per heavy atom. The number of piperidine rings is 1. The van der Waals surface area contributed by atoms with Gasteiger partial charge in [-0.05, 0) is 32.7 Å². The first-order chi connectivity index (χ1) is 8.83. The second-order valence-electron chi connectivity index (χ2n) is 5.30. The molecule has 1 rings (SSSR count). The average molecular weight is 280 g/mol. The van der Waals surface area contributed by atoms with Crippen molar-refractivity contribution in [3.63, 3.8) is 0 Å². The van der Waals surface area contributed by atoms with Crippen LogP contribution < -0.4 is 5.32 Å². The van der Waals surface area contributed by atoms with Crippen LogP contribution in [0.4, 0.5) is 13.2 Å². The van der Waals surface area contributed by atoms with Crippen molar-refractivity contribution in [2.75, 3.05) is 19.6 Å². The van der Waals surface area contributed by atoms with Crippen LogP contribution in [0.25, 0.3) is 0 Å². The average Bonchev–Trinajstić information content (AvgIpc) is 2.32. The Labute approximate surface area is 112 Å². The Morgan fingerprint density at radius 2 is 2.11 bits per heavy atom. The molecule has 0 aromatic rings. The number of carbonyl (C=O) groups excluding carboxylic acids is 1. The highest BCUT2D eigenvalue weighted by atomic mass is 19.4. The second-order valence-corrected chi connectivity index (χ2v) is 5.30. The van der Waals surface area contributed by atoms with Crippen LogP contribution in [0.15, 0.2) is 0 Å². The van der Waals surface area contributed by atoms with Gasteiger partial charge < -0.3 is 10.2 Å². The number of hydrogen-bond acceptors (Lipinski definition) is 2. The number of alkyl halides is 3. The zero-order chi connectivity index (χ0) is 14.5. The van der Waals surface area contributed by atoms with Crippen LogP contribution in [0, 0.1) is 5.92 Å². The molecule has 1 aliphatic heterocycles. The maximum absolute atomic E-state index is 12.5. The number of nitrogens with one attached hydrogen (secondary N) is 1. The Balaban J connectivity index is 2.64. The van der Waals surface area contributed by atoms with Crippen molar-refractivity contribution in [1.29, 1.82) is 0 Å². The molecule has 0 aliphatic carbocycles. The first-order valence-corrected chi connectivity index (χ1v) is 6.92. The smallest absolute Gasteiger partial charge is 0.333 e. The van der Waals surface area contributed by atoms with Gasteiger partial charge in [-0.1, -0.05) is 13.3 Å². The van der Waals surface area contributed by atoms with Crippen molar-refractivity contribution < 1.29 is 18.0 Å². The Hall–Kier alpha value is -0.780. The molecule has 1 saturated heterocycles. The van der Waals surface area contributed by atoms with E-state index in [4.69, 9.17) is 0 Å². The lowest BCUT2D eigenvalue weighted by molar-refractivity contribution is -0.164. The van der Waals surface area contributed by atoms with E-state index in [1.54, 1.807) is 0 Å². The van der Waals surface area contributed by atoms with E-state index in [1.165, 1.54) is 0 Å². The summed E-state index contributed by atoms with van der Waals surface area (Å²) in [6.45, 7) is 3.64. The molecule has 112 valence electrons. The molecule has 0 spiro atoms. The molecule has 0 saturated carbocycles. The third-order valence-corrected chi connectivity index (χ3v) is 3.44. The molecule has 19 heavy (non-hydrogen) atoms. The van der Waals surface area contributed by atoms with E-state index in [-0.39, 0.29) is 24.4 Å². The summed E-state index contributed by atoms with van der Waals surface area (Å²) in [5, 5.41) is 3.20. The SMILES string of the molecule is CCCCN(CC(F)(F)F)C(=O)C1CCNC(C)C1. The molecular formula is C13H23F3N2O. The van der Waals surface area contributed by atoms with E-state index in [2.05, 4.69) is 5.32 Å². The van der Waals surface area contributed by atoms with E-state index >= 15 is 0 Å². The third-order valence-electron chi connectivity index (χ3n) is 3.44. The highest BCUT2D eigenvalue weighted by Crippen LogP contribution is 2.23. The van der Waals surface area contributed by atoms with Gasteiger partial charge in [0.15, 0.2) is 0 Å². The minimum absolute atomic E-state index is 0.196. The molecule has 0 bridgehead atoms. The molecule has 6 heteroatoms. The fourth-order valence-electron chi connectivity index (χ4n) is 2.45. The van der Waals surface area contributed by atoms with Crippen LogP contribution >= 0.6 is 0 Å². The van der Waals surface area contributed by atoms with Crippen molar-refractivity contribution >= 4 is 5.91 Å². The summed E-state index contributed by atoms with van der Waals surface area (Å²) in [6, 6.07) is 0.196. The van der Waals surface area contributed by atoms with Crippen LogP contribution in [-0.2, 0) is 4.79 Å². The Bertz CT molecular complexity index is 294. The topological polar surface area (TPSA) is 32.3 Å². The molecule has 1 aliphatic rings. The van der Waals surface area contributed by atoms with E-state index in [9.17, 15) is 18.0 Å². The number of carbonyl (C=O) groups is 1. The summed E-state index contributed by atoms with van der Waals surface area (Å²) >= 11 is 0. The zero-order valence-corrected chi connectivity index (χ0v) is 11.6. The zero-order valence-electron chi connectivity index (χ0n) is 11.6. The first kappa shape index (κ1) is 16.3. The van der Waals surface area contributed by atoms with Gasteiger partial charge in [0, 0.05) is 18.5 Å². The molecule has 2 atom stereocenters. The lowest BCUT2D eigenvalue weighted by Crippen LogP contribution is -2.47. The molecule has 2 unspecified atom stereocenters. The van der Waals surface area contributed by atoms with Gasteiger partial charge in [0.2, 0.25) is 5.91 Å². The molecular weight excluding hydrogens is 257 g/mol. The lowest BCUT2D eigenvalue weighted by Gasteiger charge is -2.32. The van der Waals surface area contributed by atoms with Crippen LogP contribution in [0.3, 0.4) is 0 Å². The summed E-state index contributed by atoms with van der Waals surface area (Å²) in [5.74, 6) is -0.602. The normalized spacial score (nSPS) is 24.3. The number of rotatable bonds is 5. The number of unbranched alkanes of at least 4 members (excludes halogenated alkanes) is 1. The van der Waals surface area contributed by atoms with Gasteiger partial charge in [-0.3, -0.25) is 4.79 Å². The van der Waals surface area contributed by atoms with E-state index in [0.717, 1.165) is 11.3 Å². The van der Waals surface area contributed by atoms with Gasteiger partial charge in [0.05, 0.1) is 0 Å². The van der Waals surface area contributed by atoms with Crippen molar-refractivity contribution in [1.82, 2.24) is 10.2 Å². The third kappa shape index (κ3) is 5.80. The monoisotopic (exact) mass is 280 g/mol. The molecule has 0 aromatic carbocycles. The summed E-state index contributed by atoms with van der Waals surface area (Å²) in [5.41, 5.74) is 0. The maximum atomic E-state index is 12.5. The Morgan fingerprint density at radius 3 is 2.63 bits per heavy atom. The maximum Gasteiger partial charge on any atom is 0.406 e. The molecule has 1 heterocycles. The predicted molar refractivity (Wildman–Crippen MR) is 67.7 cm³/mol. The Kier molecular flexibility index (Phi) is 6.10. The van der Waals surface area contributed by atoms with Crippen molar-refractivity contribution in [2.24, 2.45) is 5.92 Å². The number of hydrogen-bond donors (Lipinski definition) is 1. The highest BCUT2D eigenvalue weighted by Gasteiger charge is 2.36. The lowest BCUT2D eigenvalue weighted by atomic mass is 9.92. The number of halogens is 3. The van der Waals surface area contributed by atoms with Crippen LogP contribution in [0.5, 0.6) is 0 Å². The van der Waals surface area contributed by atoms with Gasteiger partial charge in [0.1, 0.15) is 6.54 Å². The van der Waals surface area contributed by atoms with Crippen molar-refractivity contribution in [3.05, 3.63) is 0 Å². The van der Waals surface area contributed by atoms with Gasteiger partial charge in [0.25, 0.3) is 0 Å². The summed E-state index contributed by atoms with van der Waals surface area (Å²) < 4.78 is 37.6. The van der Waals surface area contributed by atoms with Crippen molar-refractivity contribution in [3.8, 4) is 0 Å². The van der Waals surface area contributed by atoms with Crippen LogP contribution in [0.2, 0.25) is 0 Å². The number of nitrogens with zero attached hydrogens (tertiary/aromatic N) is 1. The fraction of sp³-hybridized carbons (Fsp3) is 0.923. The van der Waals surface area contributed by atoms with Crippen LogP contribution in [-0.4, -0.2) is 42.7 Å². The molecule has 1 N–H and O–H groups in total. The molecule has 0 radical (unpaired) electrons. The molecule has 1 amide bonds. The molecule has 0 aromatic heterocycles. The van der Waals surface area contributed by atoms with Gasteiger partial charge in [-0.25, -0.2) is 0 Å². The van der Waals surface area contributed by atoms with E-state index in [1.807, 2.05) is 13.8 Å². The van der Waals surface area contributed by atoms with E-state index in [0.29, 0.717) is 25.8 Å². The fourth-order valence-corrected chi connectivity index (χ4v) is 2.45. The first-order valence-electron chi connectivity index (χ1n) is 6.92. The van der Waals surface area contributed by atoms with Gasteiger partial charge >= 0.3 is 6.18 Å². The summed E-state index contributed by atoms with van der Waals surface area (Å²) in [4.78, 5) is 13.2. The minimum atomic E-state index is -4.32. The molecule has 1 fully saturated rings. The summed E-state index contributed by atoms with van der Waals surface area (Å²) in [6.07, 6.45) is -1.67. The predicted octanol–water partition coefficient (Wildman–Crippen LogP) is 2.57.